The van der Waals surface area contributed by atoms with Crippen LogP contribution in [0.3, 0.4) is 0 Å². The van der Waals surface area contributed by atoms with Crippen molar-refractivity contribution < 1.29 is 0 Å². The molecule has 0 atom stereocenters. The summed E-state index contributed by atoms with van der Waals surface area (Å²) >= 11 is 1.78. The van der Waals surface area contributed by atoms with E-state index in [1.807, 2.05) is 11.7 Å². The van der Waals surface area contributed by atoms with Gasteiger partial charge in [0.15, 0.2) is 0 Å². The van der Waals surface area contributed by atoms with Crippen LogP contribution in [-0.4, -0.2) is 32.7 Å². The highest BCUT2D eigenvalue weighted by molar-refractivity contribution is 7.21. The first-order valence-electron chi connectivity index (χ1n) is 8.39. The van der Waals surface area contributed by atoms with E-state index in [0.717, 1.165) is 23.4 Å². The van der Waals surface area contributed by atoms with Crippen LogP contribution in [-0.2, 0) is 7.05 Å². The van der Waals surface area contributed by atoms with Crippen LogP contribution in [0, 0.1) is 0 Å². The number of nitrogens with one attached hydrogen (secondary N) is 1. The molecule has 4 heterocycles. The fourth-order valence-electron chi connectivity index (χ4n) is 3.55. The summed E-state index contributed by atoms with van der Waals surface area (Å²) in [7, 11) is 1.96. The molecule has 1 aliphatic rings. The van der Waals surface area contributed by atoms with Crippen LogP contribution in [0.2, 0.25) is 0 Å². The summed E-state index contributed by atoms with van der Waals surface area (Å²) < 4.78 is 4.04. The number of thiophene rings is 1. The third-order valence-electron chi connectivity index (χ3n) is 4.80. The van der Waals surface area contributed by atoms with Crippen molar-refractivity contribution in [2.45, 2.75) is 18.9 Å². The summed E-state index contributed by atoms with van der Waals surface area (Å²) in [6.45, 7) is 2.18. The molecule has 0 aliphatic carbocycles. The Morgan fingerprint density at radius 1 is 1.08 bits per heavy atom. The van der Waals surface area contributed by atoms with Crippen molar-refractivity contribution in [3.8, 4) is 10.4 Å². The summed E-state index contributed by atoms with van der Waals surface area (Å²) in [5.41, 5.74) is 2.28. The maximum absolute atomic E-state index is 4.84. The maximum atomic E-state index is 4.84. The average Bonchev–Trinajstić information content (AvgIpc) is 3.26. The minimum absolute atomic E-state index is 0.543. The van der Waals surface area contributed by atoms with E-state index in [0.29, 0.717) is 6.04 Å². The molecular formula is C18H19N5S. The lowest BCUT2D eigenvalue weighted by molar-refractivity contribution is 0.345. The van der Waals surface area contributed by atoms with Crippen molar-refractivity contribution >= 4 is 32.5 Å². The molecule has 122 valence electrons. The first-order valence-corrected chi connectivity index (χ1v) is 9.21. The molecule has 6 heteroatoms. The monoisotopic (exact) mass is 337 g/mol. The van der Waals surface area contributed by atoms with Gasteiger partial charge in [0, 0.05) is 35.1 Å². The summed E-state index contributed by atoms with van der Waals surface area (Å²) in [6.07, 6.45) is 6.61. The molecule has 0 amide bonds. The smallest absolute Gasteiger partial charge is 0.146 e. The zero-order valence-corrected chi connectivity index (χ0v) is 14.4. The van der Waals surface area contributed by atoms with Gasteiger partial charge in [-0.25, -0.2) is 0 Å². The molecule has 1 aliphatic heterocycles. The Bertz CT molecular complexity index is 987. The van der Waals surface area contributed by atoms with Crippen LogP contribution in [0.1, 0.15) is 18.9 Å². The Balaban J connectivity index is 1.51. The predicted octanol–water partition coefficient (Wildman–Crippen LogP) is 3.58. The molecule has 0 spiro atoms. The number of fused-ring (bicyclic) bond motifs is 2. The van der Waals surface area contributed by atoms with Crippen molar-refractivity contribution in [2.24, 2.45) is 7.05 Å². The number of aromatic nitrogens is 4. The van der Waals surface area contributed by atoms with Gasteiger partial charge in [0.1, 0.15) is 4.83 Å². The van der Waals surface area contributed by atoms with Crippen molar-refractivity contribution in [3.05, 3.63) is 36.7 Å². The molecule has 1 saturated heterocycles. The molecule has 4 aromatic rings. The van der Waals surface area contributed by atoms with E-state index in [-0.39, 0.29) is 0 Å². The molecule has 0 bridgehead atoms. The topological polar surface area (TPSA) is 47.7 Å². The van der Waals surface area contributed by atoms with Crippen LogP contribution in [0.5, 0.6) is 0 Å². The molecule has 5 rings (SSSR count). The minimum Gasteiger partial charge on any atom is -0.317 e. The van der Waals surface area contributed by atoms with Gasteiger partial charge in [-0.2, -0.15) is 10.2 Å². The first kappa shape index (κ1) is 14.2. The molecule has 0 unspecified atom stereocenters. The van der Waals surface area contributed by atoms with Gasteiger partial charge in [0.05, 0.1) is 11.6 Å². The molecule has 0 saturated carbocycles. The molecule has 1 N–H and O–H groups in total. The van der Waals surface area contributed by atoms with Crippen molar-refractivity contribution in [2.75, 3.05) is 13.1 Å². The SMILES string of the molecule is Cn1cc2cc(-c3cc4cn(C5CCNCC5)nc4s3)ccc2n1. The quantitative estimate of drug-likeness (QED) is 0.608. The Kier molecular flexibility index (Phi) is 3.21. The average molecular weight is 337 g/mol. The van der Waals surface area contributed by atoms with Crippen LogP contribution < -0.4 is 5.32 Å². The molecule has 1 aromatic carbocycles. The van der Waals surface area contributed by atoms with Gasteiger partial charge < -0.3 is 5.32 Å². The van der Waals surface area contributed by atoms with Crippen LogP contribution in [0.4, 0.5) is 0 Å². The highest BCUT2D eigenvalue weighted by atomic mass is 32.1. The van der Waals surface area contributed by atoms with Crippen molar-refractivity contribution in [3.63, 3.8) is 0 Å². The standard InChI is InChI=1S/C18H19N5S/c1-22-10-13-8-12(2-3-16(13)20-22)17-9-14-11-23(21-18(14)24-17)15-4-6-19-7-5-15/h2-3,8-11,15,19H,4-7H2,1H3. The Morgan fingerprint density at radius 2 is 1.96 bits per heavy atom. The van der Waals surface area contributed by atoms with Crippen LogP contribution in [0.15, 0.2) is 36.7 Å². The molecule has 24 heavy (non-hydrogen) atoms. The van der Waals surface area contributed by atoms with Crippen LogP contribution in [0.25, 0.3) is 31.6 Å². The van der Waals surface area contributed by atoms with E-state index in [1.54, 1.807) is 11.3 Å². The largest absolute Gasteiger partial charge is 0.317 e. The number of hydrogen-bond donors (Lipinski definition) is 1. The summed E-state index contributed by atoms with van der Waals surface area (Å²) in [5.74, 6) is 0. The number of nitrogens with zero attached hydrogens (tertiary/aromatic N) is 4. The first-order chi connectivity index (χ1) is 11.8. The summed E-state index contributed by atoms with van der Waals surface area (Å²) in [5, 5.41) is 15.1. The van der Waals surface area contributed by atoms with Crippen molar-refractivity contribution in [1.29, 1.82) is 0 Å². The van der Waals surface area contributed by atoms with E-state index in [2.05, 4.69) is 51.8 Å². The van der Waals surface area contributed by atoms with Gasteiger partial charge in [0.25, 0.3) is 0 Å². The van der Waals surface area contributed by atoms with E-state index in [4.69, 9.17) is 5.10 Å². The lowest BCUT2D eigenvalue weighted by atomic mass is 10.1. The Labute approximate surface area is 143 Å². The third-order valence-corrected chi connectivity index (χ3v) is 5.89. The second-order valence-electron chi connectivity index (χ2n) is 6.54. The fraction of sp³-hybridized carbons (Fsp3) is 0.333. The second-order valence-corrected chi connectivity index (χ2v) is 7.57. The van der Waals surface area contributed by atoms with Crippen molar-refractivity contribution in [1.82, 2.24) is 24.9 Å². The lowest BCUT2D eigenvalue weighted by Gasteiger charge is -2.22. The second kappa shape index (κ2) is 5.43. The van der Waals surface area contributed by atoms with Gasteiger partial charge in [-0.1, -0.05) is 6.07 Å². The fourth-order valence-corrected chi connectivity index (χ4v) is 4.55. The highest BCUT2D eigenvalue weighted by Crippen LogP contribution is 2.35. The van der Waals surface area contributed by atoms with Gasteiger partial charge in [-0.15, -0.1) is 11.3 Å². The molecular weight excluding hydrogens is 318 g/mol. The normalized spacial score (nSPS) is 16.4. The number of benzene rings is 1. The molecule has 1 fully saturated rings. The van der Waals surface area contributed by atoms with E-state index >= 15 is 0 Å². The minimum atomic E-state index is 0.543. The van der Waals surface area contributed by atoms with Gasteiger partial charge in [0.2, 0.25) is 0 Å². The van der Waals surface area contributed by atoms with E-state index in [9.17, 15) is 0 Å². The van der Waals surface area contributed by atoms with Gasteiger partial charge in [-0.3, -0.25) is 9.36 Å². The summed E-state index contributed by atoms with van der Waals surface area (Å²) in [4.78, 5) is 2.41. The number of hydrogen-bond acceptors (Lipinski definition) is 4. The van der Waals surface area contributed by atoms with Gasteiger partial charge >= 0.3 is 0 Å². The summed E-state index contributed by atoms with van der Waals surface area (Å²) in [6, 6.07) is 9.27. The lowest BCUT2D eigenvalue weighted by Crippen LogP contribution is -2.29. The Morgan fingerprint density at radius 3 is 2.79 bits per heavy atom. The number of aryl methyl sites for hydroxylation is 1. The zero-order valence-electron chi connectivity index (χ0n) is 13.6. The highest BCUT2D eigenvalue weighted by Gasteiger charge is 2.17. The predicted molar refractivity (Wildman–Crippen MR) is 98.5 cm³/mol. The van der Waals surface area contributed by atoms with Crippen LogP contribution >= 0.6 is 11.3 Å². The molecule has 0 radical (unpaired) electrons. The third kappa shape index (κ3) is 2.34. The number of piperidine rings is 1. The maximum Gasteiger partial charge on any atom is 0.146 e. The van der Waals surface area contributed by atoms with E-state index < -0.39 is 0 Å². The van der Waals surface area contributed by atoms with Gasteiger partial charge in [-0.05, 0) is 49.7 Å². The Hall–Kier alpha value is -2.18. The van der Waals surface area contributed by atoms with E-state index in [1.165, 1.54) is 34.1 Å². The molecule has 3 aromatic heterocycles. The zero-order chi connectivity index (χ0) is 16.1. The number of rotatable bonds is 2. The molecule has 5 nitrogen and oxygen atoms in total.